The Morgan fingerprint density at radius 2 is 1.87 bits per heavy atom. The molecule has 0 bridgehead atoms. The lowest BCUT2D eigenvalue weighted by molar-refractivity contribution is 0.0404. The molecule has 1 amide bonds. The van der Waals surface area contributed by atoms with Gasteiger partial charge in [0, 0.05) is 19.1 Å². The first-order valence-electron chi connectivity index (χ1n) is 9.05. The summed E-state index contributed by atoms with van der Waals surface area (Å²) in [6, 6.07) is 0.349. The van der Waals surface area contributed by atoms with Crippen LogP contribution in [0.1, 0.15) is 73.1 Å². The topological polar surface area (TPSA) is 70.6 Å². The van der Waals surface area contributed by atoms with Crippen molar-refractivity contribution in [3.8, 4) is 0 Å². The van der Waals surface area contributed by atoms with Crippen molar-refractivity contribution in [1.82, 2.24) is 10.6 Å². The van der Waals surface area contributed by atoms with E-state index in [1.165, 1.54) is 12.8 Å². The molecule has 1 rings (SSSR count). The van der Waals surface area contributed by atoms with E-state index in [2.05, 4.69) is 17.6 Å². The molecule has 5 nitrogen and oxygen atoms in total. The summed E-state index contributed by atoms with van der Waals surface area (Å²) in [7, 11) is 0. The predicted octanol–water partition coefficient (Wildman–Crippen LogP) is 3.21. The number of alkyl carbamates (subject to hydrolysis) is 1. The van der Waals surface area contributed by atoms with Gasteiger partial charge in [0.05, 0.1) is 5.60 Å². The summed E-state index contributed by atoms with van der Waals surface area (Å²) >= 11 is 0. The van der Waals surface area contributed by atoms with Crippen LogP contribution in [0, 0.1) is 5.92 Å². The third-order valence-corrected chi connectivity index (χ3v) is 4.35. The number of ether oxygens (including phenoxy) is 1. The van der Waals surface area contributed by atoms with Crippen molar-refractivity contribution in [1.29, 1.82) is 0 Å². The summed E-state index contributed by atoms with van der Waals surface area (Å²) in [6.07, 6.45) is 6.03. The maximum atomic E-state index is 11.8. The molecular weight excluding hydrogens is 292 g/mol. The van der Waals surface area contributed by atoms with Gasteiger partial charge >= 0.3 is 6.09 Å². The SMILES string of the molecule is CCCC(C)(O)CNC1CCCCC1CNC(=O)OC(C)(C)C. The van der Waals surface area contributed by atoms with E-state index in [0.717, 1.165) is 25.7 Å². The van der Waals surface area contributed by atoms with Crippen LogP contribution < -0.4 is 10.6 Å². The lowest BCUT2D eigenvalue weighted by atomic mass is 9.84. The van der Waals surface area contributed by atoms with Gasteiger partial charge in [-0.2, -0.15) is 0 Å². The molecule has 0 aromatic heterocycles. The maximum absolute atomic E-state index is 11.8. The van der Waals surface area contributed by atoms with Crippen LogP contribution >= 0.6 is 0 Å². The maximum Gasteiger partial charge on any atom is 0.407 e. The fourth-order valence-corrected chi connectivity index (χ4v) is 3.23. The van der Waals surface area contributed by atoms with Gasteiger partial charge in [0.15, 0.2) is 0 Å². The molecule has 1 fully saturated rings. The largest absolute Gasteiger partial charge is 0.444 e. The standard InChI is InChI=1S/C18H36N2O3/c1-6-11-18(5,22)13-20-15-10-8-7-9-14(15)12-19-16(21)23-17(2,3)4/h14-15,20,22H,6-13H2,1-5H3,(H,19,21). The highest BCUT2D eigenvalue weighted by Gasteiger charge is 2.28. The number of carbonyl (C=O) groups excluding carboxylic acids is 1. The predicted molar refractivity (Wildman–Crippen MR) is 93.5 cm³/mol. The number of rotatable bonds is 7. The van der Waals surface area contributed by atoms with Crippen LogP contribution in [0.2, 0.25) is 0 Å². The van der Waals surface area contributed by atoms with Gasteiger partial charge in [-0.25, -0.2) is 4.79 Å². The molecule has 0 aromatic rings. The Kier molecular flexibility index (Phi) is 7.81. The van der Waals surface area contributed by atoms with Gasteiger partial charge in [-0.05, 0) is 52.9 Å². The monoisotopic (exact) mass is 328 g/mol. The smallest absolute Gasteiger partial charge is 0.407 e. The van der Waals surface area contributed by atoms with Crippen LogP contribution in [0.15, 0.2) is 0 Å². The van der Waals surface area contributed by atoms with Gasteiger partial charge in [-0.15, -0.1) is 0 Å². The number of carbonyl (C=O) groups is 1. The van der Waals surface area contributed by atoms with Crippen LogP contribution in [0.3, 0.4) is 0 Å². The molecule has 5 heteroatoms. The van der Waals surface area contributed by atoms with Gasteiger partial charge in [0.1, 0.15) is 5.60 Å². The highest BCUT2D eigenvalue weighted by atomic mass is 16.6. The molecule has 0 radical (unpaired) electrons. The minimum absolute atomic E-state index is 0.347. The molecule has 0 aromatic carbocycles. The van der Waals surface area contributed by atoms with Crippen molar-refractivity contribution in [3.63, 3.8) is 0 Å². The zero-order valence-corrected chi connectivity index (χ0v) is 15.6. The van der Waals surface area contributed by atoms with Crippen LogP contribution in [0.25, 0.3) is 0 Å². The van der Waals surface area contributed by atoms with Gasteiger partial charge in [0.2, 0.25) is 0 Å². The number of hydrogen-bond donors (Lipinski definition) is 3. The zero-order chi connectivity index (χ0) is 17.5. The summed E-state index contributed by atoms with van der Waals surface area (Å²) in [5, 5.41) is 16.7. The normalized spacial score (nSPS) is 24.8. The van der Waals surface area contributed by atoms with E-state index >= 15 is 0 Å². The quantitative estimate of drug-likeness (QED) is 0.671. The Morgan fingerprint density at radius 3 is 2.48 bits per heavy atom. The average molecular weight is 328 g/mol. The molecule has 3 atom stereocenters. The van der Waals surface area contributed by atoms with E-state index in [1.807, 2.05) is 27.7 Å². The summed E-state index contributed by atoms with van der Waals surface area (Å²) in [6.45, 7) is 10.8. The molecule has 0 saturated heterocycles. The van der Waals surface area contributed by atoms with Gasteiger partial charge < -0.3 is 20.5 Å². The molecule has 3 N–H and O–H groups in total. The van der Waals surface area contributed by atoms with Gasteiger partial charge in [-0.3, -0.25) is 0 Å². The molecule has 23 heavy (non-hydrogen) atoms. The van der Waals surface area contributed by atoms with E-state index in [4.69, 9.17) is 4.74 Å². The van der Waals surface area contributed by atoms with E-state index in [1.54, 1.807) is 0 Å². The van der Waals surface area contributed by atoms with E-state index in [9.17, 15) is 9.90 Å². The third-order valence-electron chi connectivity index (χ3n) is 4.35. The fraction of sp³-hybridized carbons (Fsp3) is 0.944. The molecular formula is C18H36N2O3. The number of nitrogens with one attached hydrogen (secondary N) is 2. The molecule has 3 unspecified atom stereocenters. The van der Waals surface area contributed by atoms with E-state index in [0.29, 0.717) is 25.0 Å². The van der Waals surface area contributed by atoms with Crippen LogP contribution in [0.4, 0.5) is 4.79 Å². The molecule has 136 valence electrons. The summed E-state index contributed by atoms with van der Waals surface area (Å²) in [4.78, 5) is 11.8. The van der Waals surface area contributed by atoms with Crippen molar-refractivity contribution < 1.29 is 14.6 Å². The Bertz CT molecular complexity index is 364. The summed E-state index contributed by atoms with van der Waals surface area (Å²) in [5.74, 6) is 0.397. The minimum Gasteiger partial charge on any atom is -0.444 e. The van der Waals surface area contributed by atoms with Crippen LogP contribution in [-0.2, 0) is 4.74 Å². The highest BCUT2D eigenvalue weighted by Crippen LogP contribution is 2.25. The first-order valence-corrected chi connectivity index (χ1v) is 9.05. The van der Waals surface area contributed by atoms with Crippen molar-refractivity contribution in [2.75, 3.05) is 13.1 Å². The Labute approximate surface area is 141 Å². The Balaban J connectivity index is 2.44. The minimum atomic E-state index is -0.657. The summed E-state index contributed by atoms with van der Waals surface area (Å²) in [5.41, 5.74) is -1.12. The second-order valence-corrected chi connectivity index (χ2v) is 8.16. The lowest BCUT2D eigenvalue weighted by Gasteiger charge is -2.35. The Hall–Kier alpha value is -0.810. The van der Waals surface area contributed by atoms with Crippen LogP contribution in [-0.4, -0.2) is 41.5 Å². The second-order valence-electron chi connectivity index (χ2n) is 8.16. The van der Waals surface area contributed by atoms with E-state index < -0.39 is 11.2 Å². The highest BCUT2D eigenvalue weighted by molar-refractivity contribution is 5.67. The number of hydrogen-bond acceptors (Lipinski definition) is 4. The fourth-order valence-electron chi connectivity index (χ4n) is 3.23. The number of aliphatic hydroxyl groups is 1. The molecule has 1 aliphatic carbocycles. The van der Waals surface area contributed by atoms with Gasteiger partial charge in [0.25, 0.3) is 0 Å². The van der Waals surface area contributed by atoms with Crippen LogP contribution in [0.5, 0.6) is 0 Å². The van der Waals surface area contributed by atoms with Crippen molar-refractivity contribution in [3.05, 3.63) is 0 Å². The average Bonchev–Trinajstić information content (AvgIpc) is 2.42. The lowest BCUT2D eigenvalue weighted by Crippen LogP contribution is -2.49. The van der Waals surface area contributed by atoms with Crippen molar-refractivity contribution in [2.45, 2.75) is 90.4 Å². The number of amides is 1. The second kappa shape index (κ2) is 8.88. The summed E-state index contributed by atoms with van der Waals surface area (Å²) < 4.78 is 5.30. The first kappa shape index (κ1) is 20.2. The Morgan fingerprint density at radius 1 is 1.22 bits per heavy atom. The third kappa shape index (κ3) is 8.56. The molecule has 0 spiro atoms. The molecule has 0 aliphatic heterocycles. The van der Waals surface area contributed by atoms with E-state index in [-0.39, 0.29) is 6.09 Å². The molecule has 0 heterocycles. The van der Waals surface area contributed by atoms with Crippen molar-refractivity contribution >= 4 is 6.09 Å². The zero-order valence-electron chi connectivity index (χ0n) is 15.6. The van der Waals surface area contributed by atoms with Crippen molar-refractivity contribution in [2.24, 2.45) is 5.92 Å². The first-order chi connectivity index (χ1) is 10.6. The molecule has 1 saturated carbocycles. The van der Waals surface area contributed by atoms with Gasteiger partial charge in [-0.1, -0.05) is 26.2 Å². The molecule has 1 aliphatic rings.